The van der Waals surface area contributed by atoms with E-state index in [2.05, 4.69) is 21.2 Å². The van der Waals surface area contributed by atoms with Gasteiger partial charge in [0.2, 0.25) is 0 Å². The van der Waals surface area contributed by atoms with Crippen molar-refractivity contribution in [2.45, 2.75) is 13.0 Å². The second kappa shape index (κ2) is 6.61. The highest BCUT2D eigenvalue weighted by Gasteiger charge is 2.18. The molecule has 1 aromatic carbocycles. The molecule has 0 aromatic heterocycles. The highest BCUT2D eigenvalue weighted by Crippen LogP contribution is 2.33. The summed E-state index contributed by atoms with van der Waals surface area (Å²) in [6.07, 6.45) is 0. The average molecular weight is 318 g/mol. The van der Waals surface area contributed by atoms with Crippen molar-refractivity contribution < 1.29 is 19.4 Å². The molecule has 0 bridgehead atoms. The number of hydrogen-bond acceptors (Lipinski definition) is 4. The summed E-state index contributed by atoms with van der Waals surface area (Å²) in [6.45, 7) is 1.58. The molecule has 0 aliphatic rings. The lowest BCUT2D eigenvalue weighted by atomic mass is 10.1. The van der Waals surface area contributed by atoms with Crippen molar-refractivity contribution in [2.75, 3.05) is 20.8 Å². The number of amides is 1. The predicted molar refractivity (Wildman–Crippen MR) is 71.3 cm³/mol. The molecule has 0 aliphatic heterocycles. The minimum absolute atomic E-state index is 0.126. The Kier molecular flexibility index (Phi) is 5.43. The maximum absolute atomic E-state index is 12.0. The van der Waals surface area contributed by atoms with Gasteiger partial charge in [0, 0.05) is 6.04 Å². The molecule has 100 valence electrons. The first kappa shape index (κ1) is 14.8. The number of ether oxygens (including phenoxy) is 2. The predicted octanol–water partition coefficient (Wildman–Crippen LogP) is 1.58. The van der Waals surface area contributed by atoms with Crippen molar-refractivity contribution in [3.8, 4) is 11.5 Å². The second-order valence-electron chi connectivity index (χ2n) is 3.75. The van der Waals surface area contributed by atoms with Crippen LogP contribution in [0.3, 0.4) is 0 Å². The standard InChI is InChI=1S/C12H16BrNO4/c1-7(6-15)14-12(16)9-4-8(17-2)5-10(13)11(9)18-3/h4-5,7,15H,6H2,1-3H3,(H,14,16)/t7-/m1/s1. The smallest absolute Gasteiger partial charge is 0.255 e. The maximum Gasteiger partial charge on any atom is 0.255 e. The van der Waals surface area contributed by atoms with E-state index in [1.807, 2.05) is 0 Å². The molecule has 0 unspecified atom stereocenters. The van der Waals surface area contributed by atoms with Gasteiger partial charge in [-0.1, -0.05) is 0 Å². The summed E-state index contributed by atoms with van der Waals surface area (Å²) >= 11 is 3.32. The Morgan fingerprint density at radius 1 is 1.44 bits per heavy atom. The molecule has 1 amide bonds. The van der Waals surface area contributed by atoms with Crippen molar-refractivity contribution in [1.82, 2.24) is 5.32 Å². The van der Waals surface area contributed by atoms with Crippen LogP contribution in [-0.2, 0) is 0 Å². The quantitative estimate of drug-likeness (QED) is 0.865. The number of nitrogens with one attached hydrogen (secondary N) is 1. The van der Waals surface area contributed by atoms with E-state index >= 15 is 0 Å². The Bertz CT molecular complexity index is 436. The minimum Gasteiger partial charge on any atom is -0.497 e. The Labute approximate surface area is 114 Å². The maximum atomic E-state index is 12.0. The Morgan fingerprint density at radius 2 is 2.11 bits per heavy atom. The third kappa shape index (κ3) is 3.36. The summed E-state index contributed by atoms with van der Waals surface area (Å²) < 4.78 is 10.9. The number of rotatable bonds is 5. The molecule has 18 heavy (non-hydrogen) atoms. The molecule has 1 aromatic rings. The van der Waals surface area contributed by atoms with Crippen LogP contribution in [0.2, 0.25) is 0 Å². The SMILES string of the molecule is COc1cc(Br)c(OC)c(C(=O)N[C@H](C)CO)c1. The minimum atomic E-state index is -0.327. The van der Waals surface area contributed by atoms with Gasteiger partial charge in [-0.3, -0.25) is 4.79 Å². The van der Waals surface area contributed by atoms with Gasteiger partial charge in [0.15, 0.2) is 0 Å². The van der Waals surface area contributed by atoms with Gasteiger partial charge >= 0.3 is 0 Å². The van der Waals surface area contributed by atoms with Crippen LogP contribution in [0.5, 0.6) is 11.5 Å². The normalized spacial score (nSPS) is 11.8. The first-order valence-electron chi connectivity index (χ1n) is 5.36. The second-order valence-corrected chi connectivity index (χ2v) is 4.60. The molecule has 0 saturated heterocycles. The number of halogens is 1. The Morgan fingerprint density at radius 3 is 2.61 bits per heavy atom. The monoisotopic (exact) mass is 317 g/mol. The highest BCUT2D eigenvalue weighted by molar-refractivity contribution is 9.10. The molecule has 0 aliphatic carbocycles. The van der Waals surface area contributed by atoms with Crippen LogP contribution in [0.4, 0.5) is 0 Å². The topological polar surface area (TPSA) is 67.8 Å². The number of aliphatic hydroxyl groups is 1. The first-order valence-corrected chi connectivity index (χ1v) is 6.16. The molecule has 6 heteroatoms. The molecule has 1 rings (SSSR count). The summed E-state index contributed by atoms with van der Waals surface area (Å²) in [5, 5.41) is 11.6. The number of aliphatic hydroxyl groups excluding tert-OH is 1. The van der Waals surface area contributed by atoms with Crippen LogP contribution < -0.4 is 14.8 Å². The summed E-state index contributed by atoms with van der Waals surface area (Å²) in [5.41, 5.74) is 0.351. The molecule has 0 heterocycles. The average Bonchev–Trinajstić information content (AvgIpc) is 2.37. The van der Waals surface area contributed by atoms with Crippen LogP contribution >= 0.6 is 15.9 Å². The van der Waals surface area contributed by atoms with Gasteiger partial charge in [-0.15, -0.1) is 0 Å². The molecule has 5 nitrogen and oxygen atoms in total. The van der Waals surface area contributed by atoms with E-state index in [9.17, 15) is 4.79 Å². The van der Waals surface area contributed by atoms with Gasteiger partial charge in [0.1, 0.15) is 11.5 Å². The largest absolute Gasteiger partial charge is 0.497 e. The Balaban J connectivity index is 3.12. The highest BCUT2D eigenvalue weighted by atomic mass is 79.9. The molecule has 0 radical (unpaired) electrons. The van der Waals surface area contributed by atoms with E-state index in [1.54, 1.807) is 19.1 Å². The van der Waals surface area contributed by atoms with Crippen molar-refractivity contribution in [3.05, 3.63) is 22.2 Å². The van der Waals surface area contributed by atoms with Crippen molar-refractivity contribution in [1.29, 1.82) is 0 Å². The zero-order valence-corrected chi connectivity index (χ0v) is 12.1. The summed E-state index contributed by atoms with van der Waals surface area (Å²) in [7, 11) is 3.01. The third-order valence-corrected chi connectivity index (χ3v) is 2.94. The number of methoxy groups -OCH3 is 2. The van der Waals surface area contributed by atoms with Gasteiger partial charge < -0.3 is 19.9 Å². The van der Waals surface area contributed by atoms with E-state index in [0.29, 0.717) is 21.5 Å². The van der Waals surface area contributed by atoms with Crippen molar-refractivity contribution in [2.24, 2.45) is 0 Å². The van der Waals surface area contributed by atoms with Crippen LogP contribution in [-0.4, -0.2) is 37.9 Å². The van der Waals surface area contributed by atoms with Gasteiger partial charge in [-0.05, 0) is 35.0 Å². The number of carbonyl (C=O) groups excluding carboxylic acids is 1. The number of carbonyl (C=O) groups is 1. The summed E-state index contributed by atoms with van der Waals surface area (Å²) in [4.78, 5) is 12.0. The van der Waals surface area contributed by atoms with Crippen molar-refractivity contribution >= 4 is 21.8 Å². The van der Waals surface area contributed by atoms with Crippen molar-refractivity contribution in [3.63, 3.8) is 0 Å². The lowest BCUT2D eigenvalue weighted by Gasteiger charge is -2.15. The molecule has 0 spiro atoms. The molecule has 0 saturated carbocycles. The fraction of sp³-hybridized carbons (Fsp3) is 0.417. The molecule has 1 atom stereocenters. The Hall–Kier alpha value is -1.27. The molecular formula is C12H16BrNO4. The number of hydrogen-bond donors (Lipinski definition) is 2. The zero-order chi connectivity index (χ0) is 13.7. The fourth-order valence-corrected chi connectivity index (χ4v) is 2.01. The molecule has 2 N–H and O–H groups in total. The van der Waals surface area contributed by atoms with Gasteiger partial charge in [0.25, 0.3) is 5.91 Å². The first-order chi connectivity index (χ1) is 8.53. The number of benzene rings is 1. The molecule has 0 fully saturated rings. The lowest BCUT2D eigenvalue weighted by Crippen LogP contribution is -2.35. The van der Waals surface area contributed by atoms with E-state index in [0.717, 1.165) is 0 Å². The van der Waals surface area contributed by atoms with Crippen LogP contribution in [0.1, 0.15) is 17.3 Å². The third-order valence-electron chi connectivity index (χ3n) is 2.35. The van der Waals surface area contributed by atoms with Gasteiger partial charge in [0.05, 0.1) is 30.9 Å². The summed E-state index contributed by atoms with van der Waals surface area (Å²) in [6, 6.07) is 2.97. The van der Waals surface area contributed by atoms with E-state index < -0.39 is 0 Å². The van der Waals surface area contributed by atoms with Gasteiger partial charge in [-0.2, -0.15) is 0 Å². The van der Waals surface area contributed by atoms with E-state index in [4.69, 9.17) is 14.6 Å². The fourth-order valence-electron chi connectivity index (χ4n) is 1.41. The van der Waals surface area contributed by atoms with E-state index in [1.165, 1.54) is 14.2 Å². The van der Waals surface area contributed by atoms with Gasteiger partial charge in [-0.25, -0.2) is 0 Å². The molecular weight excluding hydrogens is 302 g/mol. The van der Waals surface area contributed by atoms with E-state index in [-0.39, 0.29) is 18.6 Å². The van der Waals surface area contributed by atoms with Crippen LogP contribution in [0.15, 0.2) is 16.6 Å². The summed E-state index contributed by atoms with van der Waals surface area (Å²) in [5.74, 6) is 0.649. The van der Waals surface area contributed by atoms with Crippen LogP contribution in [0, 0.1) is 0 Å². The lowest BCUT2D eigenvalue weighted by molar-refractivity contribution is 0.0918. The van der Waals surface area contributed by atoms with Crippen LogP contribution in [0.25, 0.3) is 0 Å². The zero-order valence-electron chi connectivity index (χ0n) is 10.5.